The van der Waals surface area contributed by atoms with E-state index in [0.717, 1.165) is 5.56 Å². The van der Waals surface area contributed by atoms with Crippen molar-refractivity contribution in [3.63, 3.8) is 0 Å². The zero-order valence-corrected chi connectivity index (χ0v) is 9.89. The van der Waals surface area contributed by atoms with E-state index in [9.17, 15) is 9.18 Å². The largest absolute Gasteiger partial charge is 0.464 e. The molecule has 0 spiro atoms. The van der Waals surface area contributed by atoms with Crippen molar-refractivity contribution in [3.05, 3.63) is 65.2 Å². The number of hydrogen-bond donors (Lipinski definition) is 0. The minimum absolute atomic E-state index is 0.256. The molecule has 0 saturated heterocycles. The van der Waals surface area contributed by atoms with Crippen LogP contribution in [0.25, 0.3) is 0 Å². The summed E-state index contributed by atoms with van der Waals surface area (Å²) in [6, 6.07) is 11.4. The van der Waals surface area contributed by atoms with Gasteiger partial charge < -0.3 is 4.74 Å². The molecule has 0 aliphatic heterocycles. The van der Waals surface area contributed by atoms with Gasteiger partial charge in [-0.3, -0.25) is 0 Å². The van der Waals surface area contributed by atoms with Gasteiger partial charge in [-0.1, -0.05) is 18.2 Å². The fourth-order valence-corrected chi connectivity index (χ4v) is 1.65. The molecular weight excluding hydrogens is 233 g/mol. The molecule has 3 nitrogen and oxygen atoms in total. The summed E-state index contributed by atoms with van der Waals surface area (Å²) in [5, 5.41) is 0. The molecule has 0 saturated carbocycles. The molecule has 1 heterocycles. The molecule has 0 aliphatic carbocycles. The first kappa shape index (κ1) is 12.2. The second-order valence-corrected chi connectivity index (χ2v) is 3.81. The number of rotatable bonds is 3. The Labute approximate surface area is 104 Å². The lowest BCUT2D eigenvalue weighted by atomic mass is 10.1. The molecule has 2 rings (SSSR count). The maximum absolute atomic E-state index is 13.0. The summed E-state index contributed by atoms with van der Waals surface area (Å²) < 4.78 is 17.6. The third-order valence-corrected chi connectivity index (χ3v) is 2.48. The molecule has 0 fully saturated rings. The lowest BCUT2D eigenvalue weighted by molar-refractivity contribution is 0.0593. The smallest absolute Gasteiger partial charge is 0.356 e. The Balaban J connectivity index is 2.22. The molecule has 0 radical (unpaired) electrons. The number of carbonyl (C=O) groups is 1. The first-order chi connectivity index (χ1) is 8.69. The molecule has 18 heavy (non-hydrogen) atoms. The van der Waals surface area contributed by atoms with Gasteiger partial charge in [0.2, 0.25) is 0 Å². The topological polar surface area (TPSA) is 39.2 Å². The molecule has 0 N–H and O–H groups in total. The number of pyridine rings is 1. The number of carbonyl (C=O) groups excluding carboxylic acids is 1. The molecule has 4 heteroatoms. The fourth-order valence-electron chi connectivity index (χ4n) is 1.65. The number of nitrogens with zero attached hydrogens (tertiary/aromatic N) is 1. The first-order valence-corrected chi connectivity index (χ1v) is 5.48. The Morgan fingerprint density at radius 2 is 2.06 bits per heavy atom. The van der Waals surface area contributed by atoms with Crippen molar-refractivity contribution in [3.8, 4) is 0 Å². The van der Waals surface area contributed by atoms with E-state index >= 15 is 0 Å². The summed E-state index contributed by atoms with van der Waals surface area (Å²) in [5.74, 6) is -0.757. The Kier molecular flexibility index (Phi) is 3.67. The third kappa shape index (κ3) is 2.91. The van der Waals surface area contributed by atoms with Gasteiger partial charge in [0, 0.05) is 12.1 Å². The lowest BCUT2D eigenvalue weighted by Gasteiger charge is -2.03. The minimum atomic E-state index is -0.476. The highest BCUT2D eigenvalue weighted by Gasteiger charge is 2.07. The van der Waals surface area contributed by atoms with Crippen LogP contribution in [0.15, 0.2) is 42.5 Å². The molecule has 0 atom stereocenters. The van der Waals surface area contributed by atoms with Crippen molar-refractivity contribution in [2.24, 2.45) is 0 Å². The van der Waals surface area contributed by atoms with Gasteiger partial charge in [-0.05, 0) is 29.8 Å². The molecule has 2 aromatic rings. The molecule has 92 valence electrons. The van der Waals surface area contributed by atoms with E-state index in [1.807, 2.05) is 6.07 Å². The molecule has 0 amide bonds. The van der Waals surface area contributed by atoms with Crippen molar-refractivity contribution < 1.29 is 13.9 Å². The van der Waals surface area contributed by atoms with Gasteiger partial charge in [-0.15, -0.1) is 0 Å². The lowest BCUT2D eigenvalue weighted by Crippen LogP contribution is -2.06. The number of esters is 1. The van der Waals surface area contributed by atoms with Crippen LogP contribution in [0.2, 0.25) is 0 Å². The van der Waals surface area contributed by atoms with Crippen LogP contribution in [-0.2, 0) is 11.2 Å². The van der Waals surface area contributed by atoms with E-state index in [2.05, 4.69) is 9.72 Å². The van der Waals surface area contributed by atoms with Crippen LogP contribution < -0.4 is 0 Å². The van der Waals surface area contributed by atoms with Crippen LogP contribution >= 0.6 is 0 Å². The van der Waals surface area contributed by atoms with Crippen molar-refractivity contribution >= 4 is 5.97 Å². The SMILES string of the molecule is COC(=O)c1cccc(Cc2cccc(F)c2)n1. The van der Waals surface area contributed by atoms with E-state index in [-0.39, 0.29) is 11.5 Å². The Morgan fingerprint density at radius 1 is 1.28 bits per heavy atom. The third-order valence-electron chi connectivity index (χ3n) is 2.48. The number of benzene rings is 1. The quantitative estimate of drug-likeness (QED) is 0.780. The highest BCUT2D eigenvalue weighted by Crippen LogP contribution is 2.10. The van der Waals surface area contributed by atoms with Gasteiger partial charge in [-0.25, -0.2) is 14.2 Å². The predicted molar refractivity (Wildman–Crippen MR) is 64.8 cm³/mol. The van der Waals surface area contributed by atoms with Crippen molar-refractivity contribution in [2.45, 2.75) is 6.42 Å². The van der Waals surface area contributed by atoms with Gasteiger partial charge >= 0.3 is 5.97 Å². The molecule has 0 aliphatic rings. The molecule has 0 bridgehead atoms. The highest BCUT2D eigenvalue weighted by atomic mass is 19.1. The van der Waals surface area contributed by atoms with Gasteiger partial charge in [0.15, 0.2) is 0 Å². The predicted octanol–water partition coefficient (Wildman–Crippen LogP) is 2.60. The summed E-state index contributed by atoms with van der Waals surface area (Å²) in [6.07, 6.45) is 0.475. The number of hydrogen-bond acceptors (Lipinski definition) is 3. The molecule has 0 unspecified atom stereocenters. The summed E-state index contributed by atoms with van der Waals surface area (Å²) in [4.78, 5) is 15.5. The summed E-state index contributed by atoms with van der Waals surface area (Å²) >= 11 is 0. The number of methoxy groups -OCH3 is 1. The zero-order chi connectivity index (χ0) is 13.0. The van der Waals surface area contributed by atoms with E-state index in [4.69, 9.17) is 0 Å². The zero-order valence-electron chi connectivity index (χ0n) is 9.89. The van der Waals surface area contributed by atoms with Crippen molar-refractivity contribution in [1.82, 2.24) is 4.98 Å². The molecule has 1 aromatic heterocycles. The van der Waals surface area contributed by atoms with Crippen LogP contribution in [0.4, 0.5) is 4.39 Å². The summed E-state index contributed by atoms with van der Waals surface area (Å²) in [7, 11) is 1.31. The van der Waals surface area contributed by atoms with Gasteiger partial charge in [0.1, 0.15) is 11.5 Å². The van der Waals surface area contributed by atoms with Crippen LogP contribution in [0.1, 0.15) is 21.7 Å². The van der Waals surface area contributed by atoms with Crippen LogP contribution in [0, 0.1) is 5.82 Å². The fraction of sp³-hybridized carbons (Fsp3) is 0.143. The average molecular weight is 245 g/mol. The maximum atomic E-state index is 13.0. The summed E-state index contributed by atoms with van der Waals surface area (Å²) in [6.45, 7) is 0. The van der Waals surface area contributed by atoms with E-state index in [1.54, 1.807) is 24.3 Å². The summed E-state index contributed by atoms with van der Waals surface area (Å²) in [5.41, 5.74) is 1.76. The Bertz CT molecular complexity index is 569. The van der Waals surface area contributed by atoms with Gasteiger partial charge in [-0.2, -0.15) is 0 Å². The average Bonchev–Trinajstić information content (AvgIpc) is 2.38. The first-order valence-electron chi connectivity index (χ1n) is 5.48. The number of ether oxygens (including phenoxy) is 1. The Hall–Kier alpha value is -2.23. The van der Waals surface area contributed by atoms with Crippen molar-refractivity contribution in [2.75, 3.05) is 7.11 Å². The van der Waals surface area contributed by atoms with E-state index in [1.165, 1.54) is 19.2 Å². The van der Waals surface area contributed by atoms with Crippen LogP contribution in [0.3, 0.4) is 0 Å². The van der Waals surface area contributed by atoms with Crippen molar-refractivity contribution in [1.29, 1.82) is 0 Å². The van der Waals surface area contributed by atoms with Gasteiger partial charge in [0.25, 0.3) is 0 Å². The monoisotopic (exact) mass is 245 g/mol. The van der Waals surface area contributed by atoms with Crippen LogP contribution in [-0.4, -0.2) is 18.1 Å². The second kappa shape index (κ2) is 5.40. The standard InChI is InChI=1S/C14H12FNO2/c1-18-14(17)13-7-3-6-12(16-13)9-10-4-2-5-11(15)8-10/h2-8H,9H2,1H3. The van der Waals surface area contributed by atoms with E-state index in [0.29, 0.717) is 12.1 Å². The molecular formula is C14H12FNO2. The highest BCUT2D eigenvalue weighted by molar-refractivity contribution is 5.87. The van der Waals surface area contributed by atoms with E-state index < -0.39 is 5.97 Å². The number of halogens is 1. The normalized spacial score (nSPS) is 10.1. The van der Waals surface area contributed by atoms with Gasteiger partial charge in [0.05, 0.1) is 7.11 Å². The second-order valence-electron chi connectivity index (χ2n) is 3.81. The molecule has 1 aromatic carbocycles. The minimum Gasteiger partial charge on any atom is -0.464 e. The van der Waals surface area contributed by atoms with Crippen LogP contribution in [0.5, 0.6) is 0 Å². The number of aromatic nitrogens is 1. The Morgan fingerprint density at radius 3 is 2.78 bits per heavy atom. The maximum Gasteiger partial charge on any atom is 0.356 e.